The van der Waals surface area contributed by atoms with Crippen LogP contribution in [0.5, 0.6) is 0 Å². The fourth-order valence-electron chi connectivity index (χ4n) is 1.29. The van der Waals surface area contributed by atoms with Gasteiger partial charge in [0.05, 0.1) is 5.69 Å². The van der Waals surface area contributed by atoms with Crippen LogP contribution in [0.2, 0.25) is 0 Å². The molecule has 0 aliphatic rings. The van der Waals surface area contributed by atoms with E-state index in [4.69, 9.17) is 5.73 Å². The van der Waals surface area contributed by atoms with E-state index in [1.165, 1.54) is 18.0 Å². The molecule has 1 unspecified atom stereocenters. The number of nitrogens with zero attached hydrogens (tertiary/aromatic N) is 1. The first kappa shape index (κ1) is 13.1. The molecule has 0 aliphatic heterocycles. The van der Waals surface area contributed by atoms with E-state index < -0.39 is 5.82 Å². The molecule has 0 aliphatic carbocycles. The highest BCUT2D eigenvalue weighted by atomic mass is 79.9. The molecule has 1 rings (SSSR count). The van der Waals surface area contributed by atoms with Crippen LogP contribution in [-0.2, 0) is 4.79 Å². The second kappa shape index (κ2) is 5.41. The van der Waals surface area contributed by atoms with Crippen LogP contribution in [0.4, 0.5) is 10.1 Å². The van der Waals surface area contributed by atoms with Gasteiger partial charge in [-0.05, 0) is 25.1 Å². The van der Waals surface area contributed by atoms with Crippen molar-refractivity contribution in [3.8, 4) is 0 Å². The molecule has 0 fully saturated rings. The van der Waals surface area contributed by atoms with Gasteiger partial charge >= 0.3 is 0 Å². The lowest BCUT2D eigenvalue weighted by atomic mass is 10.2. The third-order valence-corrected chi connectivity index (χ3v) is 2.63. The number of halogens is 2. The van der Waals surface area contributed by atoms with Crippen LogP contribution in [0.15, 0.2) is 22.7 Å². The highest BCUT2D eigenvalue weighted by Gasteiger charge is 2.16. The van der Waals surface area contributed by atoms with E-state index in [1.807, 2.05) is 0 Å². The first-order valence-corrected chi connectivity index (χ1v) is 5.68. The molecule has 1 aromatic rings. The Labute approximate surface area is 103 Å². The fraction of sp³-hybridized carbons (Fsp3) is 0.364. The van der Waals surface area contributed by atoms with E-state index in [9.17, 15) is 9.18 Å². The Morgan fingerprint density at radius 2 is 2.25 bits per heavy atom. The summed E-state index contributed by atoms with van der Waals surface area (Å²) < 4.78 is 14.2. The van der Waals surface area contributed by atoms with Gasteiger partial charge in [-0.25, -0.2) is 4.39 Å². The maximum atomic E-state index is 13.5. The maximum absolute atomic E-state index is 13.5. The predicted molar refractivity (Wildman–Crippen MR) is 65.8 cm³/mol. The summed E-state index contributed by atoms with van der Waals surface area (Å²) >= 11 is 3.24. The molecule has 0 radical (unpaired) electrons. The van der Waals surface area contributed by atoms with Gasteiger partial charge in [-0.15, -0.1) is 0 Å². The zero-order valence-corrected chi connectivity index (χ0v) is 10.8. The van der Waals surface area contributed by atoms with Gasteiger partial charge in [0.15, 0.2) is 0 Å². The van der Waals surface area contributed by atoms with Gasteiger partial charge in [-0.1, -0.05) is 15.9 Å². The van der Waals surface area contributed by atoms with Gasteiger partial charge < -0.3 is 10.6 Å². The highest BCUT2D eigenvalue weighted by Crippen LogP contribution is 2.23. The molecule has 3 nitrogen and oxygen atoms in total. The molecule has 0 aromatic heterocycles. The van der Waals surface area contributed by atoms with Crippen molar-refractivity contribution in [2.24, 2.45) is 5.73 Å². The van der Waals surface area contributed by atoms with E-state index in [2.05, 4.69) is 15.9 Å². The summed E-state index contributed by atoms with van der Waals surface area (Å²) in [5.74, 6) is -0.629. The summed E-state index contributed by atoms with van der Waals surface area (Å²) in [5, 5.41) is 0. The largest absolute Gasteiger partial charge is 0.327 e. The third kappa shape index (κ3) is 3.28. The Balaban J connectivity index is 2.91. The molecule has 0 heterocycles. The van der Waals surface area contributed by atoms with Gasteiger partial charge in [-0.3, -0.25) is 4.79 Å². The van der Waals surface area contributed by atoms with Crippen LogP contribution >= 0.6 is 15.9 Å². The van der Waals surface area contributed by atoms with Gasteiger partial charge in [0, 0.05) is 24.0 Å². The molecular formula is C11H14BrFN2O. The molecular weight excluding hydrogens is 275 g/mol. The lowest BCUT2D eigenvalue weighted by Gasteiger charge is -2.19. The average molecular weight is 289 g/mol. The smallest absolute Gasteiger partial charge is 0.228 e. The zero-order valence-electron chi connectivity index (χ0n) is 9.21. The minimum Gasteiger partial charge on any atom is -0.327 e. The first-order chi connectivity index (χ1) is 7.41. The maximum Gasteiger partial charge on any atom is 0.228 e. The topological polar surface area (TPSA) is 46.3 Å². The Morgan fingerprint density at radius 1 is 1.62 bits per heavy atom. The minimum atomic E-state index is -0.427. The fourth-order valence-corrected chi connectivity index (χ4v) is 1.64. The summed E-state index contributed by atoms with van der Waals surface area (Å²) in [7, 11) is 1.54. The number of rotatable bonds is 3. The van der Waals surface area contributed by atoms with Crippen LogP contribution < -0.4 is 10.6 Å². The number of benzene rings is 1. The third-order valence-electron chi connectivity index (χ3n) is 2.14. The van der Waals surface area contributed by atoms with Crippen molar-refractivity contribution >= 4 is 27.5 Å². The van der Waals surface area contributed by atoms with Crippen molar-refractivity contribution < 1.29 is 9.18 Å². The van der Waals surface area contributed by atoms with Crippen LogP contribution in [0.3, 0.4) is 0 Å². The van der Waals surface area contributed by atoms with Gasteiger partial charge in [0.2, 0.25) is 5.91 Å². The molecule has 0 saturated heterocycles. The molecule has 0 bridgehead atoms. The molecule has 0 saturated carbocycles. The van der Waals surface area contributed by atoms with Crippen molar-refractivity contribution in [3.05, 3.63) is 28.5 Å². The Bertz CT molecular complexity index is 396. The molecule has 16 heavy (non-hydrogen) atoms. The Kier molecular flexibility index (Phi) is 4.44. The molecule has 0 spiro atoms. The predicted octanol–water partition coefficient (Wildman–Crippen LogP) is 2.29. The average Bonchev–Trinajstić information content (AvgIpc) is 2.19. The summed E-state index contributed by atoms with van der Waals surface area (Å²) in [4.78, 5) is 13.0. The van der Waals surface area contributed by atoms with Gasteiger partial charge in [0.25, 0.3) is 0 Å². The number of carbonyl (C=O) groups excluding carboxylic acids is 1. The summed E-state index contributed by atoms with van der Waals surface area (Å²) in [5.41, 5.74) is 5.78. The number of hydrogen-bond acceptors (Lipinski definition) is 2. The monoisotopic (exact) mass is 288 g/mol. The second-order valence-corrected chi connectivity index (χ2v) is 4.65. The summed E-state index contributed by atoms with van der Waals surface area (Å²) in [6.45, 7) is 1.74. The number of anilines is 1. The van der Waals surface area contributed by atoms with Crippen LogP contribution in [0.1, 0.15) is 13.3 Å². The van der Waals surface area contributed by atoms with Crippen molar-refractivity contribution in [3.63, 3.8) is 0 Å². The van der Waals surface area contributed by atoms with E-state index in [-0.39, 0.29) is 24.1 Å². The van der Waals surface area contributed by atoms with Crippen molar-refractivity contribution in [1.82, 2.24) is 0 Å². The van der Waals surface area contributed by atoms with E-state index in [0.717, 1.165) is 4.47 Å². The first-order valence-electron chi connectivity index (χ1n) is 4.89. The summed E-state index contributed by atoms with van der Waals surface area (Å²) in [6.07, 6.45) is 0.197. The van der Waals surface area contributed by atoms with Gasteiger partial charge in [-0.2, -0.15) is 0 Å². The number of amides is 1. The Hall–Kier alpha value is -0.940. The molecule has 1 amide bonds. The molecule has 2 N–H and O–H groups in total. The number of nitrogens with two attached hydrogens (primary N) is 1. The normalized spacial score (nSPS) is 12.3. The van der Waals surface area contributed by atoms with Crippen LogP contribution in [0, 0.1) is 5.82 Å². The number of carbonyl (C=O) groups is 1. The van der Waals surface area contributed by atoms with Crippen LogP contribution in [0.25, 0.3) is 0 Å². The van der Waals surface area contributed by atoms with E-state index in [0.29, 0.717) is 0 Å². The van der Waals surface area contributed by atoms with Crippen molar-refractivity contribution in [2.45, 2.75) is 19.4 Å². The SMILES string of the molecule is CC(N)CC(=O)N(C)c1cc(Br)ccc1F. The molecule has 1 atom stereocenters. The minimum absolute atomic E-state index is 0.197. The molecule has 1 aromatic carbocycles. The lowest BCUT2D eigenvalue weighted by Crippen LogP contribution is -2.32. The lowest BCUT2D eigenvalue weighted by molar-refractivity contribution is -0.118. The second-order valence-electron chi connectivity index (χ2n) is 3.73. The van der Waals surface area contributed by atoms with Gasteiger partial charge in [0.1, 0.15) is 5.82 Å². The van der Waals surface area contributed by atoms with E-state index >= 15 is 0 Å². The summed E-state index contributed by atoms with van der Waals surface area (Å²) in [6, 6.07) is 4.23. The highest BCUT2D eigenvalue weighted by molar-refractivity contribution is 9.10. The standard InChI is InChI=1S/C11H14BrFN2O/c1-7(14)5-11(16)15(2)10-6-8(12)3-4-9(10)13/h3-4,6-7H,5,14H2,1-2H3. The van der Waals surface area contributed by atoms with Crippen molar-refractivity contribution in [1.29, 1.82) is 0 Å². The van der Waals surface area contributed by atoms with E-state index in [1.54, 1.807) is 19.1 Å². The van der Waals surface area contributed by atoms with Crippen molar-refractivity contribution in [2.75, 3.05) is 11.9 Å². The zero-order chi connectivity index (χ0) is 12.3. The molecule has 88 valence electrons. The Morgan fingerprint density at radius 3 is 2.81 bits per heavy atom. The molecule has 5 heteroatoms. The quantitative estimate of drug-likeness (QED) is 0.928. The number of hydrogen-bond donors (Lipinski definition) is 1. The van der Waals surface area contributed by atoms with Crippen LogP contribution in [-0.4, -0.2) is 19.0 Å².